The fraction of sp³-hybridized carbons (Fsp3) is 0.381. The molecule has 0 bridgehead atoms. The molecule has 4 rings (SSSR count). The van der Waals surface area contributed by atoms with Gasteiger partial charge in [-0.25, -0.2) is 27.9 Å². The number of amides is 2. The molecule has 2 amide bonds. The van der Waals surface area contributed by atoms with E-state index in [2.05, 4.69) is 15.3 Å². The van der Waals surface area contributed by atoms with Crippen molar-refractivity contribution in [3.63, 3.8) is 0 Å². The number of aromatic nitrogens is 2. The van der Waals surface area contributed by atoms with Crippen molar-refractivity contribution in [1.82, 2.24) is 14.9 Å². The summed E-state index contributed by atoms with van der Waals surface area (Å²) in [7, 11) is 0. The molecule has 2 atom stereocenters. The number of carbonyl (C=O) groups is 1. The second-order valence-electron chi connectivity index (χ2n) is 7.86. The van der Waals surface area contributed by atoms with E-state index in [1.807, 2.05) is 6.92 Å². The van der Waals surface area contributed by atoms with Gasteiger partial charge in [-0.3, -0.25) is 5.32 Å². The van der Waals surface area contributed by atoms with Crippen LogP contribution in [0.5, 0.6) is 0 Å². The quantitative estimate of drug-likeness (QED) is 0.518. The first-order valence-corrected chi connectivity index (χ1v) is 11.1. The van der Waals surface area contributed by atoms with Crippen molar-refractivity contribution in [2.45, 2.75) is 25.5 Å². The Bertz CT molecular complexity index is 1140. The third-order valence-electron chi connectivity index (χ3n) is 5.39. The average molecular weight is 482 g/mol. The normalized spacial score (nSPS) is 17.5. The molecule has 3 N–H and O–H groups in total. The van der Waals surface area contributed by atoms with Crippen LogP contribution in [0.2, 0.25) is 0 Å². The number of pyridine rings is 1. The number of urea groups is 1. The number of aliphatic hydroxyl groups is 2. The van der Waals surface area contributed by atoms with E-state index in [4.69, 9.17) is 5.11 Å². The SMILES string of the molecule is C[C@H]1CN(C(=O)Nc2nc3cc(F)c(F)cc3s2)CCN1c1ncc(C[C@@H](O)CO)cc1F. The number of anilines is 2. The highest BCUT2D eigenvalue weighted by Crippen LogP contribution is 2.28. The highest BCUT2D eigenvalue weighted by Gasteiger charge is 2.29. The Morgan fingerprint density at radius 3 is 2.70 bits per heavy atom. The van der Waals surface area contributed by atoms with E-state index >= 15 is 0 Å². The van der Waals surface area contributed by atoms with Crippen molar-refractivity contribution in [2.75, 3.05) is 36.5 Å². The number of piperazine rings is 1. The fourth-order valence-corrected chi connectivity index (χ4v) is 4.60. The highest BCUT2D eigenvalue weighted by atomic mass is 32.1. The van der Waals surface area contributed by atoms with Gasteiger partial charge < -0.3 is 20.0 Å². The molecule has 8 nitrogen and oxygen atoms in total. The fourth-order valence-electron chi connectivity index (χ4n) is 3.73. The molecule has 1 aliphatic rings. The van der Waals surface area contributed by atoms with Crippen molar-refractivity contribution >= 4 is 38.5 Å². The number of carbonyl (C=O) groups excluding carboxylic acids is 1. The summed E-state index contributed by atoms with van der Waals surface area (Å²) in [6, 6.07) is 2.65. The Balaban J connectivity index is 1.40. The summed E-state index contributed by atoms with van der Waals surface area (Å²) in [6.45, 7) is 2.36. The van der Waals surface area contributed by atoms with Gasteiger partial charge in [-0.15, -0.1) is 0 Å². The molecular weight excluding hydrogens is 459 g/mol. The molecule has 12 heteroatoms. The Kier molecular flexibility index (Phi) is 6.68. The summed E-state index contributed by atoms with van der Waals surface area (Å²) in [4.78, 5) is 24.3. The van der Waals surface area contributed by atoms with Crippen LogP contribution in [0, 0.1) is 17.5 Å². The summed E-state index contributed by atoms with van der Waals surface area (Å²) in [6.07, 6.45) is 0.573. The van der Waals surface area contributed by atoms with E-state index in [0.717, 1.165) is 23.5 Å². The van der Waals surface area contributed by atoms with Crippen LogP contribution in [0.1, 0.15) is 12.5 Å². The van der Waals surface area contributed by atoms with Crippen molar-refractivity contribution in [1.29, 1.82) is 0 Å². The maximum atomic E-state index is 14.7. The minimum atomic E-state index is -1.01. The van der Waals surface area contributed by atoms with Crippen molar-refractivity contribution < 1.29 is 28.2 Å². The van der Waals surface area contributed by atoms with Crippen LogP contribution >= 0.6 is 11.3 Å². The minimum absolute atomic E-state index is 0.0925. The molecule has 1 saturated heterocycles. The number of halogens is 3. The molecule has 1 aromatic carbocycles. The van der Waals surface area contributed by atoms with E-state index in [1.54, 1.807) is 9.80 Å². The van der Waals surface area contributed by atoms with Crippen LogP contribution in [-0.4, -0.2) is 69.5 Å². The number of fused-ring (bicyclic) bond motifs is 1. The van der Waals surface area contributed by atoms with Crippen molar-refractivity contribution in [3.05, 3.63) is 47.4 Å². The average Bonchev–Trinajstić information content (AvgIpc) is 3.15. The van der Waals surface area contributed by atoms with Crippen LogP contribution in [0.25, 0.3) is 10.2 Å². The van der Waals surface area contributed by atoms with Gasteiger partial charge in [0.15, 0.2) is 28.4 Å². The third kappa shape index (κ3) is 5.02. The Morgan fingerprint density at radius 2 is 2.00 bits per heavy atom. The number of nitrogens with zero attached hydrogens (tertiary/aromatic N) is 4. The molecule has 3 aromatic rings. The maximum Gasteiger partial charge on any atom is 0.323 e. The van der Waals surface area contributed by atoms with Crippen LogP contribution in [0.4, 0.5) is 28.9 Å². The van der Waals surface area contributed by atoms with Crippen LogP contribution in [0.15, 0.2) is 24.4 Å². The number of hydrogen-bond donors (Lipinski definition) is 3. The van der Waals surface area contributed by atoms with Gasteiger partial charge in [0.25, 0.3) is 0 Å². The van der Waals surface area contributed by atoms with Gasteiger partial charge in [-0.2, -0.15) is 0 Å². The van der Waals surface area contributed by atoms with E-state index in [9.17, 15) is 23.1 Å². The lowest BCUT2D eigenvalue weighted by atomic mass is 10.1. The van der Waals surface area contributed by atoms with E-state index in [1.165, 1.54) is 12.3 Å². The molecule has 0 radical (unpaired) electrons. The number of benzene rings is 1. The predicted octanol–water partition coefficient (Wildman–Crippen LogP) is 2.75. The van der Waals surface area contributed by atoms with Gasteiger partial charge in [-0.1, -0.05) is 11.3 Å². The molecule has 3 heterocycles. The number of thiazole rings is 1. The molecule has 176 valence electrons. The molecule has 2 aromatic heterocycles. The van der Waals surface area contributed by atoms with Gasteiger partial charge in [0.05, 0.1) is 22.9 Å². The standard InChI is InChI=1S/C21H22F3N5O3S/c1-11-9-28(21(32)27-20-26-17-6-14(22)15(23)7-18(17)33-20)2-3-29(11)19-16(24)5-12(8-25-19)4-13(31)10-30/h5-8,11,13,30-31H,2-4,9-10H2,1H3,(H,26,27,32)/t11-,13+/m0/s1. The van der Waals surface area contributed by atoms with Gasteiger partial charge >= 0.3 is 6.03 Å². The minimum Gasteiger partial charge on any atom is -0.394 e. The Labute approximate surface area is 191 Å². The van der Waals surface area contributed by atoms with Crippen molar-refractivity contribution in [2.24, 2.45) is 0 Å². The number of aliphatic hydroxyl groups excluding tert-OH is 2. The second-order valence-corrected chi connectivity index (χ2v) is 8.89. The largest absolute Gasteiger partial charge is 0.394 e. The number of rotatable bonds is 5. The zero-order valence-electron chi connectivity index (χ0n) is 17.6. The lowest BCUT2D eigenvalue weighted by Crippen LogP contribution is -2.55. The summed E-state index contributed by atoms with van der Waals surface area (Å²) in [5, 5.41) is 21.3. The summed E-state index contributed by atoms with van der Waals surface area (Å²) in [5.74, 6) is -2.38. The maximum absolute atomic E-state index is 14.7. The monoisotopic (exact) mass is 481 g/mol. The first-order chi connectivity index (χ1) is 15.7. The first kappa shape index (κ1) is 23.2. The molecule has 0 saturated carbocycles. The Morgan fingerprint density at radius 1 is 1.24 bits per heavy atom. The molecule has 0 spiro atoms. The third-order valence-corrected chi connectivity index (χ3v) is 6.33. The highest BCUT2D eigenvalue weighted by molar-refractivity contribution is 7.22. The summed E-state index contributed by atoms with van der Waals surface area (Å²) in [5.41, 5.74) is 0.725. The van der Waals surface area contributed by atoms with Gasteiger partial charge in [0.1, 0.15) is 0 Å². The summed E-state index contributed by atoms with van der Waals surface area (Å²) < 4.78 is 41.9. The number of nitrogens with one attached hydrogen (secondary N) is 1. The molecule has 0 aliphatic carbocycles. The lowest BCUT2D eigenvalue weighted by molar-refractivity contribution is 0.0954. The summed E-state index contributed by atoms with van der Waals surface area (Å²) >= 11 is 1.04. The second kappa shape index (κ2) is 9.49. The van der Waals surface area contributed by atoms with Crippen LogP contribution in [-0.2, 0) is 6.42 Å². The first-order valence-electron chi connectivity index (χ1n) is 10.3. The molecular formula is C21H22F3N5O3S. The van der Waals surface area contributed by atoms with Crippen LogP contribution in [0.3, 0.4) is 0 Å². The van der Waals surface area contributed by atoms with E-state index in [-0.39, 0.29) is 28.9 Å². The zero-order valence-corrected chi connectivity index (χ0v) is 18.4. The van der Waals surface area contributed by atoms with Gasteiger partial charge in [0.2, 0.25) is 0 Å². The smallest absolute Gasteiger partial charge is 0.323 e. The lowest BCUT2D eigenvalue weighted by Gasteiger charge is -2.40. The molecule has 33 heavy (non-hydrogen) atoms. The molecule has 1 fully saturated rings. The predicted molar refractivity (Wildman–Crippen MR) is 118 cm³/mol. The number of hydrogen-bond acceptors (Lipinski definition) is 7. The van der Waals surface area contributed by atoms with E-state index < -0.39 is 36.2 Å². The van der Waals surface area contributed by atoms with Gasteiger partial charge in [-0.05, 0) is 24.6 Å². The van der Waals surface area contributed by atoms with E-state index in [0.29, 0.717) is 29.9 Å². The molecule has 1 aliphatic heterocycles. The van der Waals surface area contributed by atoms with Crippen LogP contribution < -0.4 is 10.2 Å². The molecule has 0 unspecified atom stereocenters. The van der Waals surface area contributed by atoms with Gasteiger partial charge in [0, 0.05) is 44.4 Å². The van der Waals surface area contributed by atoms with Crippen molar-refractivity contribution in [3.8, 4) is 0 Å². The zero-order chi connectivity index (χ0) is 23.7. The Hall–Kier alpha value is -2.96. The topological polar surface area (TPSA) is 102 Å².